The minimum absolute atomic E-state index is 0.0758. The van der Waals surface area contributed by atoms with E-state index in [4.69, 9.17) is 0 Å². The van der Waals surface area contributed by atoms with E-state index in [-0.39, 0.29) is 17.9 Å². The number of benzene rings is 1. The lowest BCUT2D eigenvalue weighted by molar-refractivity contribution is -0.128. The number of rotatable bonds is 5. The Morgan fingerprint density at radius 1 is 1.35 bits per heavy atom. The number of hydrogen-bond acceptors (Lipinski definition) is 2. The maximum Gasteiger partial charge on any atom is 0.243 e. The summed E-state index contributed by atoms with van der Waals surface area (Å²) in [6, 6.07) is 7.86. The molecule has 0 radical (unpaired) electrons. The number of hydrogen-bond donors (Lipinski definition) is 2. The van der Waals surface area contributed by atoms with Crippen LogP contribution in [0.15, 0.2) is 24.3 Å². The highest BCUT2D eigenvalue weighted by Crippen LogP contribution is 2.30. The predicted octanol–water partition coefficient (Wildman–Crippen LogP) is 2.09. The third-order valence-corrected chi connectivity index (χ3v) is 3.72. The third kappa shape index (κ3) is 3.38. The largest absolute Gasteiger partial charge is 0.347 e. The number of carbonyl (C=O) groups is 2. The molecular weight excluding hydrogens is 252 g/mol. The molecule has 2 rings (SSSR count). The predicted molar refractivity (Wildman–Crippen MR) is 78.2 cm³/mol. The molecule has 1 aliphatic rings. The van der Waals surface area contributed by atoms with Gasteiger partial charge >= 0.3 is 0 Å². The van der Waals surface area contributed by atoms with Crippen LogP contribution in [0.4, 0.5) is 0 Å². The number of nitrogens with one attached hydrogen (secondary N) is 2. The summed E-state index contributed by atoms with van der Waals surface area (Å²) >= 11 is 0. The molecule has 1 aromatic rings. The number of carbonyl (C=O) groups excluding carboxylic acids is 2. The Kier molecular flexibility index (Phi) is 4.77. The first-order valence-corrected chi connectivity index (χ1v) is 7.27. The molecule has 0 bridgehead atoms. The Labute approximate surface area is 119 Å². The first-order chi connectivity index (χ1) is 9.61. The molecule has 0 aromatic heterocycles. The molecule has 20 heavy (non-hydrogen) atoms. The Morgan fingerprint density at radius 2 is 2.10 bits per heavy atom. The first kappa shape index (κ1) is 14.6. The van der Waals surface area contributed by atoms with Crippen LogP contribution in [0.5, 0.6) is 0 Å². The lowest BCUT2D eigenvalue weighted by atomic mass is 10.1. The molecule has 2 amide bonds. The van der Waals surface area contributed by atoms with Crippen molar-refractivity contribution < 1.29 is 9.59 Å². The van der Waals surface area contributed by atoms with E-state index in [0.29, 0.717) is 6.42 Å². The quantitative estimate of drug-likeness (QED) is 0.864. The monoisotopic (exact) mass is 274 g/mol. The second-order valence-corrected chi connectivity index (χ2v) is 5.34. The first-order valence-electron chi connectivity index (χ1n) is 7.27. The fourth-order valence-electron chi connectivity index (χ4n) is 2.78. The van der Waals surface area contributed by atoms with Gasteiger partial charge in [-0.05, 0) is 30.4 Å². The highest BCUT2D eigenvalue weighted by molar-refractivity contribution is 5.87. The van der Waals surface area contributed by atoms with Crippen molar-refractivity contribution in [2.45, 2.75) is 51.6 Å². The fraction of sp³-hybridized carbons (Fsp3) is 0.500. The maximum atomic E-state index is 12.3. The van der Waals surface area contributed by atoms with Gasteiger partial charge in [0.25, 0.3) is 0 Å². The van der Waals surface area contributed by atoms with Gasteiger partial charge in [-0.25, -0.2) is 0 Å². The van der Waals surface area contributed by atoms with Crippen LogP contribution >= 0.6 is 0 Å². The molecular formula is C16H22N2O2. The minimum atomic E-state index is -0.426. The van der Waals surface area contributed by atoms with Crippen LogP contribution in [-0.2, 0) is 16.0 Å². The number of fused-ring (bicyclic) bond motifs is 1. The zero-order valence-electron chi connectivity index (χ0n) is 12.1. The molecule has 1 aromatic carbocycles. The second kappa shape index (κ2) is 6.55. The van der Waals surface area contributed by atoms with Gasteiger partial charge in [0.1, 0.15) is 6.04 Å². The summed E-state index contributed by atoms with van der Waals surface area (Å²) in [6.45, 7) is 3.45. The van der Waals surface area contributed by atoms with E-state index in [2.05, 4.69) is 22.8 Å². The van der Waals surface area contributed by atoms with Crippen molar-refractivity contribution >= 4 is 11.8 Å². The van der Waals surface area contributed by atoms with E-state index in [1.54, 1.807) is 0 Å². The average molecular weight is 274 g/mol. The van der Waals surface area contributed by atoms with E-state index < -0.39 is 6.04 Å². The van der Waals surface area contributed by atoms with Crippen molar-refractivity contribution in [3.63, 3.8) is 0 Å². The molecule has 2 N–H and O–H groups in total. The van der Waals surface area contributed by atoms with Gasteiger partial charge in [-0.15, -0.1) is 0 Å². The third-order valence-electron chi connectivity index (χ3n) is 3.72. The molecule has 0 saturated heterocycles. The van der Waals surface area contributed by atoms with Gasteiger partial charge in [-0.3, -0.25) is 9.59 Å². The van der Waals surface area contributed by atoms with Crippen LogP contribution in [0.1, 0.15) is 50.3 Å². The van der Waals surface area contributed by atoms with Crippen molar-refractivity contribution in [3.8, 4) is 0 Å². The van der Waals surface area contributed by atoms with Crippen LogP contribution < -0.4 is 10.6 Å². The summed E-state index contributed by atoms with van der Waals surface area (Å²) in [6.07, 6.45) is 3.46. The second-order valence-electron chi connectivity index (χ2n) is 5.34. The van der Waals surface area contributed by atoms with Crippen LogP contribution in [-0.4, -0.2) is 17.9 Å². The smallest absolute Gasteiger partial charge is 0.243 e. The van der Waals surface area contributed by atoms with Crippen molar-refractivity contribution in [3.05, 3.63) is 35.4 Å². The van der Waals surface area contributed by atoms with E-state index in [1.807, 2.05) is 19.1 Å². The van der Waals surface area contributed by atoms with Crippen molar-refractivity contribution in [1.82, 2.24) is 10.6 Å². The van der Waals surface area contributed by atoms with E-state index >= 15 is 0 Å². The van der Waals surface area contributed by atoms with Gasteiger partial charge in [-0.2, -0.15) is 0 Å². The number of amides is 2. The summed E-state index contributed by atoms with van der Waals surface area (Å²) < 4.78 is 0. The van der Waals surface area contributed by atoms with Gasteiger partial charge in [0.2, 0.25) is 11.8 Å². The summed E-state index contributed by atoms with van der Waals surface area (Å²) in [5, 5.41) is 5.80. The summed E-state index contributed by atoms with van der Waals surface area (Å²) in [4.78, 5) is 23.5. The average Bonchev–Trinajstić information content (AvgIpc) is 2.81. The normalized spacial score (nSPS) is 18.2. The molecule has 108 valence electrons. The van der Waals surface area contributed by atoms with Crippen LogP contribution in [0.2, 0.25) is 0 Å². The Balaban J connectivity index is 2.02. The fourth-order valence-corrected chi connectivity index (χ4v) is 2.78. The van der Waals surface area contributed by atoms with Gasteiger partial charge in [0.15, 0.2) is 0 Å². The Bertz CT molecular complexity index is 499. The van der Waals surface area contributed by atoms with Crippen molar-refractivity contribution in [2.24, 2.45) is 0 Å². The lowest BCUT2D eigenvalue weighted by Crippen LogP contribution is -2.46. The molecule has 2 unspecified atom stereocenters. The van der Waals surface area contributed by atoms with Crippen LogP contribution in [0.3, 0.4) is 0 Å². The molecule has 0 heterocycles. The van der Waals surface area contributed by atoms with E-state index in [0.717, 1.165) is 19.3 Å². The molecule has 4 heteroatoms. The van der Waals surface area contributed by atoms with Crippen LogP contribution in [0.25, 0.3) is 0 Å². The van der Waals surface area contributed by atoms with Crippen molar-refractivity contribution in [1.29, 1.82) is 0 Å². The van der Waals surface area contributed by atoms with Gasteiger partial charge in [0.05, 0.1) is 6.04 Å². The molecule has 2 atom stereocenters. The van der Waals surface area contributed by atoms with Crippen molar-refractivity contribution in [2.75, 3.05) is 0 Å². The van der Waals surface area contributed by atoms with E-state index in [9.17, 15) is 9.59 Å². The lowest BCUT2D eigenvalue weighted by Gasteiger charge is -2.20. The van der Waals surface area contributed by atoms with Gasteiger partial charge in [-0.1, -0.05) is 37.6 Å². The zero-order chi connectivity index (χ0) is 14.5. The van der Waals surface area contributed by atoms with Gasteiger partial charge < -0.3 is 10.6 Å². The van der Waals surface area contributed by atoms with Gasteiger partial charge in [0, 0.05) is 6.92 Å². The zero-order valence-corrected chi connectivity index (χ0v) is 12.1. The summed E-state index contributed by atoms with van der Waals surface area (Å²) in [5.41, 5.74) is 2.52. The van der Waals surface area contributed by atoms with Crippen LogP contribution in [0, 0.1) is 0 Å². The topological polar surface area (TPSA) is 58.2 Å². The summed E-state index contributed by atoms with van der Waals surface area (Å²) in [7, 11) is 0. The van der Waals surface area contributed by atoms with E-state index in [1.165, 1.54) is 18.1 Å². The molecule has 4 nitrogen and oxygen atoms in total. The molecule has 0 spiro atoms. The maximum absolute atomic E-state index is 12.3. The molecule has 1 aliphatic carbocycles. The minimum Gasteiger partial charge on any atom is -0.347 e. The highest BCUT2D eigenvalue weighted by atomic mass is 16.2. The summed E-state index contributed by atoms with van der Waals surface area (Å²) in [5.74, 6) is -0.242. The molecule has 0 aliphatic heterocycles. The molecule has 0 saturated carbocycles. The SMILES string of the molecule is CCCC(NC(C)=O)C(=O)NC1CCc2ccccc21. The highest BCUT2D eigenvalue weighted by Gasteiger charge is 2.26. The number of aryl methyl sites for hydroxylation is 1. The molecule has 0 fully saturated rings. The Morgan fingerprint density at radius 3 is 2.80 bits per heavy atom. The Hall–Kier alpha value is -1.84. The standard InChI is InChI=1S/C16H22N2O2/c1-3-6-15(17-11(2)19)16(20)18-14-10-9-12-7-4-5-8-13(12)14/h4-5,7-8,14-15H,3,6,9-10H2,1-2H3,(H,17,19)(H,18,20).